The topological polar surface area (TPSA) is 52.0 Å². The Morgan fingerprint density at radius 3 is 1.07 bits per heavy atom. The van der Waals surface area contributed by atoms with Crippen molar-refractivity contribution in [1.82, 2.24) is 0 Å². The van der Waals surface area contributed by atoms with Crippen molar-refractivity contribution in [1.29, 1.82) is 0 Å². The van der Waals surface area contributed by atoms with E-state index in [1.807, 2.05) is 48.5 Å². The van der Waals surface area contributed by atoms with Crippen molar-refractivity contribution in [3.63, 3.8) is 0 Å². The monoisotopic (exact) mass is 243 g/mol. The summed E-state index contributed by atoms with van der Waals surface area (Å²) in [6.45, 7) is 0. The maximum Gasteiger partial charge on any atom is 0.0314 e. The predicted molar refractivity (Wildman–Crippen MR) is 60.7 cm³/mol. The van der Waals surface area contributed by atoms with E-state index in [1.165, 1.54) is 0 Å². The van der Waals surface area contributed by atoms with Crippen LogP contribution in [0.25, 0.3) is 11.1 Å². The van der Waals surface area contributed by atoms with Gasteiger partial charge in [0.15, 0.2) is 0 Å². The second kappa shape index (κ2) is 4.86. The number of hydrogen-bond donors (Lipinski definition) is 2. The standard InChI is InChI=1S/C12H12N2.Co/c13-11-5-1-9(2-6-11)10-3-7-12(14)8-4-10;/h1-8H,13-14H2;. The maximum absolute atomic E-state index is 5.61. The van der Waals surface area contributed by atoms with Crippen molar-refractivity contribution in [2.75, 3.05) is 11.5 Å². The van der Waals surface area contributed by atoms with Gasteiger partial charge in [-0.25, -0.2) is 0 Å². The Morgan fingerprint density at radius 2 is 0.800 bits per heavy atom. The average Bonchev–Trinajstić information content (AvgIpc) is 2.21. The van der Waals surface area contributed by atoms with Crippen molar-refractivity contribution in [3.8, 4) is 11.1 Å². The number of rotatable bonds is 1. The van der Waals surface area contributed by atoms with Gasteiger partial charge in [-0.15, -0.1) is 0 Å². The molecular weight excluding hydrogens is 231 g/mol. The van der Waals surface area contributed by atoms with Crippen LogP contribution in [-0.2, 0) is 16.8 Å². The minimum atomic E-state index is 0. The molecule has 0 aliphatic carbocycles. The van der Waals surface area contributed by atoms with Gasteiger partial charge in [-0.05, 0) is 35.4 Å². The minimum Gasteiger partial charge on any atom is -0.399 e. The zero-order valence-electron chi connectivity index (χ0n) is 8.11. The molecule has 2 nitrogen and oxygen atoms in total. The van der Waals surface area contributed by atoms with Crippen LogP contribution >= 0.6 is 0 Å². The minimum absolute atomic E-state index is 0. The average molecular weight is 243 g/mol. The molecule has 0 bridgehead atoms. The van der Waals surface area contributed by atoms with Crippen molar-refractivity contribution in [2.45, 2.75) is 0 Å². The fourth-order valence-electron chi connectivity index (χ4n) is 1.35. The summed E-state index contributed by atoms with van der Waals surface area (Å²) in [5.74, 6) is 0. The number of nitrogen functional groups attached to an aromatic ring is 2. The third-order valence-electron chi connectivity index (χ3n) is 2.15. The Balaban J connectivity index is 0.00000112. The van der Waals surface area contributed by atoms with Crippen LogP contribution < -0.4 is 11.5 Å². The first-order chi connectivity index (χ1) is 6.75. The Labute approximate surface area is 99.5 Å². The van der Waals surface area contributed by atoms with Crippen LogP contribution in [0, 0.1) is 0 Å². The van der Waals surface area contributed by atoms with Gasteiger partial charge in [0.05, 0.1) is 0 Å². The van der Waals surface area contributed by atoms with Crippen LogP contribution in [0.4, 0.5) is 11.4 Å². The van der Waals surface area contributed by atoms with E-state index in [1.54, 1.807) is 0 Å². The summed E-state index contributed by atoms with van der Waals surface area (Å²) in [5, 5.41) is 0. The van der Waals surface area contributed by atoms with Crippen molar-refractivity contribution in [3.05, 3.63) is 48.5 Å². The molecule has 79 valence electrons. The Hall–Kier alpha value is -1.45. The SMILES string of the molecule is Nc1ccc(-c2ccc(N)cc2)cc1.[Co]. The van der Waals surface area contributed by atoms with Gasteiger partial charge in [-0.3, -0.25) is 0 Å². The van der Waals surface area contributed by atoms with E-state index >= 15 is 0 Å². The summed E-state index contributed by atoms with van der Waals surface area (Å²) in [7, 11) is 0. The first-order valence-electron chi connectivity index (χ1n) is 4.47. The van der Waals surface area contributed by atoms with E-state index in [2.05, 4.69) is 0 Å². The molecule has 0 amide bonds. The normalized spacial score (nSPS) is 9.33. The Morgan fingerprint density at radius 1 is 0.533 bits per heavy atom. The van der Waals surface area contributed by atoms with Crippen LogP contribution in [-0.4, -0.2) is 0 Å². The van der Waals surface area contributed by atoms with Crippen LogP contribution in [0.5, 0.6) is 0 Å². The van der Waals surface area contributed by atoms with Crippen molar-refractivity contribution in [2.24, 2.45) is 0 Å². The van der Waals surface area contributed by atoms with Crippen molar-refractivity contribution >= 4 is 11.4 Å². The van der Waals surface area contributed by atoms with Gasteiger partial charge in [0.1, 0.15) is 0 Å². The van der Waals surface area contributed by atoms with Gasteiger partial charge in [-0.1, -0.05) is 24.3 Å². The molecule has 0 fully saturated rings. The summed E-state index contributed by atoms with van der Waals surface area (Å²) >= 11 is 0. The third-order valence-corrected chi connectivity index (χ3v) is 2.15. The van der Waals surface area contributed by atoms with Crippen LogP contribution in [0.3, 0.4) is 0 Å². The van der Waals surface area contributed by atoms with Crippen LogP contribution in [0.2, 0.25) is 0 Å². The molecular formula is C12H12CoN2. The van der Waals surface area contributed by atoms with Gasteiger partial charge in [0.25, 0.3) is 0 Å². The first kappa shape index (κ1) is 11.6. The fraction of sp³-hybridized carbons (Fsp3) is 0. The van der Waals surface area contributed by atoms with E-state index in [-0.39, 0.29) is 16.8 Å². The number of benzene rings is 2. The van der Waals surface area contributed by atoms with E-state index in [0.717, 1.165) is 22.5 Å². The third kappa shape index (κ3) is 2.75. The summed E-state index contributed by atoms with van der Waals surface area (Å²) < 4.78 is 0. The summed E-state index contributed by atoms with van der Waals surface area (Å²) in [4.78, 5) is 0. The number of anilines is 2. The van der Waals surface area contributed by atoms with E-state index in [0.29, 0.717) is 0 Å². The van der Waals surface area contributed by atoms with Gasteiger partial charge in [0.2, 0.25) is 0 Å². The summed E-state index contributed by atoms with van der Waals surface area (Å²) in [6.07, 6.45) is 0. The molecule has 3 heteroatoms. The summed E-state index contributed by atoms with van der Waals surface area (Å²) in [5.41, 5.74) is 15.1. The molecule has 0 spiro atoms. The smallest absolute Gasteiger partial charge is 0.0314 e. The molecule has 0 saturated heterocycles. The number of nitrogens with two attached hydrogens (primary N) is 2. The van der Waals surface area contributed by atoms with Crippen LogP contribution in [0.15, 0.2) is 48.5 Å². The molecule has 1 radical (unpaired) electrons. The molecule has 0 atom stereocenters. The Bertz CT molecular complexity index is 377. The molecule has 2 aromatic carbocycles. The van der Waals surface area contributed by atoms with E-state index < -0.39 is 0 Å². The molecule has 0 heterocycles. The van der Waals surface area contributed by atoms with E-state index in [4.69, 9.17) is 11.5 Å². The van der Waals surface area contributed by atoms with E-state index in [9.17, 15) is 0 Å². The fourth-order valence-corrected chi connectivity index (χ4v) is 1.35. The molecule has 2 aromatic rings. The zero-order valence-corrected chi connectivity index (χ0v) is 9.15. The number of hydrogen-bond acceptors (Lipinski definition) is 2. The molecule has 0 aromatic heterocycles. The maximum atomic E-state index is 5.61. The molecule has 0 unspecified atom stereocenters. The second-order valence-corrected chi connectivity index (χ2v) is 3.24. The zero-order chi connectivity index (χ0) is 9.97. The summed E-state index contributed by atoms with van der Waals surface area (Å²) in [6, 6.07) is 15.6. The van der Waals surface area contributed by atoms with Gasteiger partial charge < -0.3 is 11.5 Å². The van der Waals surface area contributed by atoms with Gasteiger partial charge in [-0.2, -0.15) is 0 Å². The quantitative estimate of drug-likeness (QED) is 0.756. The van der Waals surface area contributed by atoms with Gasteiger partial charge in [0, 0.05) is 28.2 Å². The second-order valence-electron chi connectivity index (χ2n) is 3.24. The van der Waals surface area contributed by atoms with Crippen LogP contribution in [0.1, 0.15) is 0 Å². The molecule has 0 aliphatic heterocycles. The molecule has 4 N–H and O–H groups in total. The predicted octanol–water partition coefficient (Wildman–Crippen LogP) is 2.52. The largest absolute Gasteiger partial charge is 0.399 e. The first-order valence-corrected chi connectivity index (χ1v) is 4.47. The molecule has 0 saturated carbocycles. The molecule has 2 rings (SSSR count). The molecule has 0 aliphatic rings. The van der Waals surface area contributed by atoms with Crippen molar-refractivity contribution < 1.29 is 16.8 Å². The van der Waals surface area contributed by atoms with Gasteiger partial charge >= 0.3 is 0 Å². The Kier molecular flexibility index (Phi) is 3.77. The molecule has 15 heavy (non-hydrogen) atoms.